The van der Waals surface area contributed by atoms with Crippen molar-refractivity contribution >= 4 is 18.0 Å². The molecule has 4 N–H and O–H groups in total. The molecule has 7 nitrogen and oxygen atoms in total. The number of amides is 2. The van der Waals surface area contributed by atoms with Gasteiger partial charge in [-0.25, -0.2) is 9.59 Å². The zero-order chi connectivity index (χ0) is 11.8. The first kappa shape index (κ1) is 11.3. The first-order chi connectivity index (χ1) is 6.85. The number of rotatable bonds is 2. The molecule has 1 aliphatic rings. The number of nitrogens with zero attached hydrogens (tertiary/aromatic N) is 1. The fourth-order valence-corrected chi connectivity index (χ4v) is 2.03. The van der Waals surface area contributed by atoms with Crippen molar-refractivity contribution in [2.45, 2.75) is 18.9 Å². The lowest BCUT2D eigenvalue weighted by Crippen LogP contribution is -2.63. The topological polar surface area (TPSA) is 121 Å². The molecular formula is C8H12N2O5. The second-order valence-corrected chi connectivity index (χ2v) is 3.56. The highest BCUT2D eigenvalue weighted by Gasteiger charge is 2.59. The summed E-state index contributed by atoms with van der Waals surface area (Å²) >= 11 is 0. The van der Waals surface area contributed by atoms with E-state index in [1.807, 2.05) is 0 Å². The molecule has 0 saturated carbocycles. The van der Waals surface area contributed by atoms with Gasteiger partial charge in [-0.1, -0.05) is 6.92 Å². The van der Waals surface area contributed by atoms with Crippen LogP contribution in [0.5, 0.6) is 0 Å². The molecule has 1 saturated heterocycles. The maximum atomic E-state index is 11.2. The van der Waals surface area contributed by atoms with Crippen molar-refractivity contribution in [3.63, 3.8) is 0 Å². The van der Waals surface area contributed by atoms with Crippen LogP contribution in [0.1, 0.15) is 13.3 Å². The van der Waals surface area contributed by atoms with Crippen LogP contribution in [-0.2, 0) is 9.59 Å². The fraction of sp³-hybridized carbons (Fsp3) is 0.625. The first-order valence-corrected chi connectivity index (χ1v) is 4.39. The van der Waals surface area contributed by atoms with E-state index in [0.29, 0.717) is 11.3 Å². The summed E-state index contributed by atoms with van der Waals surface area (Å²) in [7, 11) is 0. The Labute approximate surface area is 85.5 Å². The minimum atomic E-state index is -2.12. The van der Waals surface area contributed by atoms with Gasteiger partial charge in [0.15, 0.2) is 0 Å². The van der Waals surface area contributed by atoms with Crippen LogP contribution in [0.25, 0.3) is 0 Å². The Kier molecular flexibility index (Phi) is 2.57. The van der Waals surface area contributed by atoms with Crippen LogP contribution in [0.15, 0.2) is 0 Å². The Morgan fingerprint density at radius 2 is 1.93 bits per heavy atom. The second kappa shape index (κ2) is 3.41. The molecule has 2 amide bonds. The van der Waals surface area contributed by atoms with E-state index in [2.05, 4.69) is 0 Å². The van der Waals surface area contributed by atoms with Crippen molar-refractivity contribution in [2.75, 3.05) is 6.54 Å². The quantitative estimate of drug-likeness (QED) is 0.528. The number of primary amides is 1. The van der Waals surface area contributed by atoms with Gasteiger partial charge in [0, 0.05) is 12.5 Å². The molecule has 0 aromatic carbocycles. The van der Waals surface area contributed by atoms with Gasteiger partial charge in [0.05, 0.1) is 0 Å². The van der Waals surface area contributed by atoms with Gasteiger partial charge in [-0.3, -0.25) is 9.69 Å². The summed E-state index contributed by atoms with van der Waals surface area (Å²) in [4.78, 5) is 33.7. The molecule has 1 aliphatic heterocycles. The molecule has 7 heteroatoms. The molecule has 1 fully saturated rings. The van der Waals surface area contributed by atoms with Crippen LogP contribution in [0.4, 0.5) is 4.79 Å². The summed E-state index contributed by atoms with van der Waals surface area (Å²) in [6, 6.07) is 0. The second-order valence-electron chi connectivity index (χ2n) is 3.56. The zero-order valence-corrected chi connectivity index (χ0v) is 8.14. The van der Waals surface area contributed by atoms with Gasteiger partial charge in [0.1, 0.15) is 0 Å². The Hall–Kier alpha value is -1.79. The lowest BCUT2D eigenvalue weighted by molar-refractivity contribution is -0.156. The predicted octanol–water partition coefficient (Wildman–Crippen LogP) is -0.685. The van der Waals surface area contributed by atoms with Gasteiger partial charge in [0.2, 0.25) is 5.54 Å². The van der Waals surface area contributed by atoms with Gasteiger partial charge in [-0.05, 0) is 6.42 Å². The van der Waals surface area contributed by atoms with E-state index in [1.54, 1.807) is 0 Å². The summed E-state index contributed by atoms with van der Waals surface area (Å²) < 4.78 is 0. The highest BCUT2D eigenvalue weighted by Crippen LogP contribution is 2.35. The minimum absolute atomic E-state index is 0.00569. The first-order valence-electron chi connectivity index (χ1n) is 4.39. The molecule has 2 atom stereocenters. The van der Waals surface area contributed by atoms with Crippen molar-refractivity contribution in [2.24, 2.45) is 11.7 Å². The van der Waals surface area contributed by atoms with Gasteiger partial charge in [-0.2, -0.15) is 0 Å². The van der Waals surface area contributed by atoms with Gasteiger partial charge >= 0.3 is 12.1 Å². The van der Waals surface area contributed by atoms with Crippen LogP contribution in [-0.4, -0.2) is 45.2 Å². The number of carbonyl (C=O) groups is 3. The molecule has 0 bridgehead atoms. The van der Waals surface area contributed by atoms with E-state index >= 15 is 0 Å². The Bertz CT molecular complexity index is 313. The van der Waals surface area contributed by atoms with E-state index in [-0.39, 0.29) is 6.54 Å². The molecule has 0 unspecified atom stereocenters. The third-order valence-electron chi connectivity index (χ3n) is 2.86. The predicted molar refractivity (Wildman–Crippen MR) is 48.1 cm³/mol. The molecular weight excluding hydrogens is 204 g/mol. The van der Waals surface area contributed by atoms with Crippen LogP contribution in [0.3, 0.4) is 0 Å². The standard InChI is InChI=1S/C8H12N2O5/c1-4-2-3-10(7(14)15)8(4,5(9)11)6(12)13/h4H,2-3H2,1H3,(H2,9,11)(H,12,13)(H,14,15)/t4-,8+/m1/s1. The molecule has 84 valence electrons. The average Bonchev–Trinajstić information content (AvgIpc) is 2.43. The summed E-state index contributed by atoms with van der Waals surface area (Å²) in [5.74, 6) is -3.27. The maximum Gasteiger partial charge on any atom is 0.408 e. The molecule has 0 spiro atoms. The molecule has 0 aromatic rings. The zero-order valence-electron chi connectivity index (χ0n) is 8.14. The molecule has 1 heterocycles. The lowest BCUT2D eigenvalue weighted by Gasteiger charge is -2.32. The summed E-state index contributed by atoms with van der Waals surface area (Å²) in [6.07, 6.45) is -1.14. The summed E-state index contributed by atoms with van der Waals surface area (Å²) in [5, 5.41) is 17.8. The van der Waals surface area contributed by atoms with Crippen LogP contribution in [0.2, 0.25) is 0 Å². The molecule has 1 rings (SSSR count). The van der Waals surface area contributed by atoms with Crippen molar-refractivity contribution in [1.82, 2.24) is 4.90 Å². The summed E-state index contributed by atoms with van der Waals surface area (Å²) in [5.41, 5.74) is 2.91. The van der Waals surface area contributed by atoms with E-state index in [9.17, 15) is 14.4 Å². The van der Waals surface area contributed by atoms with Crippen molar-refractivity contribution < 1.29 is 24.6 Å². The molecule has 0 radical (unpaired) electrons. The Morgan fingerprint density at radius 1 is 1.40 bits per heavy atom. The van der Waals surface area contributed by atoms with E-state index in [4.69, 9.17) is 15.9 Å². The maximum absolute atomic E-state index is 11.2. The largest absolute Gasteiger partial charge is 0.479 e. The van der Waals surface area contributed by atoms with E-state index < -0.39 is 29.4 Å². The monoisotopic (exact) mass is 216 g/mol. The van der Waals surface area contributed by atoms with Crippen LogP contribution in [0, 0.1) is 5.92 Å². The normalized spacial score (nSPS) is 30.2. The molecule has 0 aromatic heterocycles. The fourth-order valence-electron chi connectivity index (χ4n) is 2.03. The van der Waals surface area contributed by atoms with Crippen LogP contribution >= 0.6 is 0 Å². The Balaban J connectivity index is 3.28. The van der Waals surface area contributed by atoms with Gasteiger partial charge < -0.3 is 15.9 Å². The smallest absolute Gasteiger partial charge is 0.408 e. The lowest BCUT2D eigenvalue weighted by atomic mass is 9.85. The molecule has 0 aliphatic carbocycles. The minimum Gasteiger partial charge on any atom is -0.479 e. The number of nitrogens with two attached hydrogens (primary N) is 1. The Morgan fingerprint density at radius 3 is 2.20 bits per heavy atom. The number of hydrogen-bond acceptors (Lipinski definition) is 3. The average molecular weight is 216 g/mol. The number of carboxylic acids is 1. The number of aliphatic carboxylic acids is 1. The highest BCUT2D eigenvalue weighted by molar-refractivity contribution is 6.08. The summed E-state index contributed by atoms with van der Waals surface area (Å²) in [6.45, 7) is 1.51. The van der Waals surface area contributed by atoms with E-state index in [1.165, 1.54) is 6.92 Å². The third kappa shape index (κ3) is 1.31. The number of carboxylic acid groups (broad SMARTS) is 2. The SMILES string of the molecule is C[C@@H]1CCN(C(=O)O)[C@@]1(C(N)=O)C(=O)O. The van der Waals surface area contributed by atoms with Crippen molar-refractivity contribution in [3.05, 3.63) is 0 Å². The van der Waals surface area contributed by atoms with Crippen LogP contribution < -0.4 is 5.73 Å². The van der Waals surface area contributed by atoms with Gasteiger partial charge in [-0.15, -0.1) is 0 Å². The number of carbonyl (C=O) groups excluding carboxylic acids is 1. The van der Waals surface area contributed by atoms with Crippen molar-refractivity contribution in [1.29, 1.82) is 0 Å². The highest BCUT2D eigenvalue weighted by atomic mass is 16.4. The van der Waals surface area contributed by atoms with Crippen molar-refractivity contribution in [3.8, 4) is 0 Å². The number of hydrogen-bond donors (Lipinski definition) is 3. The third-order valence-corrected chi connectivity index (χ3v) is 2.86. The number of likely N-dealkylation sites (tertiary alicyclic amines) is 1. The van der Waals surface area contributed by atoms with E-state index in [0.717, 1.165) is 0 Å². The molecule has 15 heavy (non-hydrogen) atoms. The van der Waals surface area contributed by atoms with Gasteiger partial charge in [0.25, 0.3) is 5.91 Å².